The Morgan fingerprint density at radius 1 is 1.03 bits per heavy atom. The Morgan fingerprint density at radius 2 is 1.53 bits per heavy atom. The number of nitrogens with two attached hydrogens (primary N) is 1. The van der Waals surface area contributed by atoms with E-state index in [9.17, 15) is 0 Å². The second-order valence-corrected chi connectivity index (χ2v) is 10.1. The maximum absolute atomic E-state index is 8.79. The van der Waals surface area contributed by atoms with Gasteiger partial charge >= 0.3 is 14.2 Å². The topological polar surface area (TPSA) is 125 Å². The smallest absolute Gasteiger partial charge is 0.405 e. The van der Waals surface area contributed by atoms with Crippen LogP contribution in [0.4, 0.5) is 0 Å². The minimum Gasteiger partial charge on any atom is -0.405 e. The predicted molar refractivity (Wildman–Crippen MR) is 127 cm³/mol. The maximum Gasteiger partial charge on any atom is 0.498 e. The van der Waals surface area contributed by atoms with Crippen LogP contribution in [0.5, 0.6) is 0 Å². The molecule has 2 saturated heterocycles. The fourth-order valence-electron chi connectivity index (χ4n) is 3.01. The Balaban J connectivity index is 0.000000235. The highest BCUT2D eigenvalue weighted by Crippen LogP contribution is 2.38. The molecular weight excluding hydrogens is 410 g/mol. The molecule has 32 heavy (non-hydrogen) atoms. The minimum atomic E-state index is -0.525. The van der Waals surface area contributed by atoms with Crippen molar-refractivity contribution in [1.82, 2.24) is 9.78 Å². The lowest BCUT2D eigenvalue weighted by Gasteiger charge is -2.32. The normalized spacial score (nSPS) is 23.1. The molecule has 0 amide bonds. The van der Waals surface area contributed by atoms with E-state index < -0.39 is 7.12 Å². The molecule has 0 aliphatic carbocycles. The largest absolute Gasteiger partial charge is 0.498 e. The molecule has 3 heterocycles. The summed E-state index contributed by atoms with van der Waals surface area (Å²) in [5.41, 5.74) is 5.42. The zero-order chi connectivity index (χ0) is 24.4. The molecule has 9 nitrogen and oxygen atoms in total. The first kappa shape index (κ1) is 26.6. The van der Waals surface area contributed by atoms with Crippen molar-refractivity contribution in [3.05, 3.63) is 24.1 Å². The summed E-state index contributed by atoms with van der Waals surface area (Å²) in [7, 11) is -0.889. The van der Waals surface area contributed by atoms with Gasteiger partial charge in [0, 0.05) is 42.7 Å². The fourth-order valence-corrected chi connectivity index (χ4v) is 3.01. The van der Waals surface area contributed by atoms with Gasteiger partial charge in [0.25, 0.3) is 0 Å². The maximum atomic E-state index is 8.79. The molecule has 0 bridgehead atoms. The summed E-state index contributed by atoms with van der Waals surface area (Å²) in [5.74, 6) is 0. The van der Waals surface area contributed by atoms with Crippen LogP contribution in [0.25, 0.3) is 0 Å². The first-order valence-electron chi connectivity index (χ1n) is 11.0. The standard InChI is InChI=1S/C12H21BN2O3.C9H17BN2O2/c1-11(2)12(3,4)18-13(17-11)10-8-14-15(9-10)6-5-7-16;1-8(2)9(3,4)14-10(13-8)7(5-11)6-12/h8-9,16H,5-7H2,1-4H3;5-6,11H,12H2,1-4H3/b;7-6+,11-5?. The number of aryl methyl sites for hydroxylation is 1. The number of aliphatic hydroxyl groups is 1. The summed E-state index contributed by atoms with van der Waals surface area (Å²) in [4.78, 5) is 0. The molecule has 178 valence electrons. The Morgan fingerprint density at radius 3 is 1.97 bits per heavy atom. The van der Waals surface area contributed by atoms with Crippen molar-refractivity contribution in [3.63, 3.8) is 0 Å². The van der Waals surface area contributed by atoms with Gasteiger partial charge in [-0.15, -0.1) is 0 Å². The zero-order valence-electron chi connectivity index (χ0n) is 20.6. The number of hydrogen-bond acceptors (Lipinski definition) is 8. The number of aromatic nitrogens is 2. The van der Waals surface area contributed by atoms with E-state index in [4.69, 9.17) is 34.9 Å². The number of nitrogens with one attached hydrogen (secondary N) is 1. The molecule has 0 spiro atoms. The van der Waals surface area contributed by atoms with Crippen LogP contribution in [0.2, 0.25) is 0 Å². The highest BCUT2D eigenvalue weighted by molar-refractivity contribution is 6.62. The van der Waals surface area contributed by atoms with Gasteiger partial charge in [-0.2, -0.15) is 5.10 Å². The van der Waals surface area contributed by atoms with Crippen molar-refractivity contribution < 1.29 is 23.7 Å². The van der Waals surface area contributed by atoms with Gasteiger partial charge in [-0.1, -0.05) is 0 Å². The molecule has 2 fully saturated rings. The molecule has 0 atom stereocenters. The van der Waals surface area contributed by atoms with Crippen molar-refractivity contribution in [2.24, 2.45) is 5.73 Å². The first-order chi connectivity index (χ1) is 14.7. The molecule has 3 rings (SSSR count). The molecule has 1 aromatic heterocycles. The van der Waals surface area contributed by atoms with Gasteiger partial charge < -0.3 is 34.9 Å². The van der Waals surface area contributed by atoms with Gasteiger partial charge in [-0.05, 0) is 68.0 Å². The molecule has 0 saturated carbocycles. The lowest BCUT2D eigenvalue weighted by molar-refractivity contribution is 0.00578. The minimum absolute atomic E-state index is 0.172. The van der Waals surface area contributed by atoms with E-state index in [1.54, 1.807) is 10.9 Å². The number of aliphatic hydroxyl groups excluding tert-OH is 1. The van der Waals surface area contributed by atoms with E-state index in [2.05, 4.69) is 5.10 Å². The van der Waals surface area contributed by atoms with E-state index in [0.717, 1.165) is 11.7 Å². The Kier molecular flexibility index (Phi) is 8.05. The zero-order valence-corrected chi connectivity index (χ0v) is 20.6. The van der Waals surface area contributed by atoms with Crippen molar-refractivity contribution in [2.45, 2.75) is 90.8 Å². The Bertz CT molecular complexity index is 791. The molecular formula is C21H38B2N4O5. The van der Waals surface area contributed by atoms with Crippen molar-refractivity contribution in [1.29, 1.82) is 5.41 Å². The van der Waals surface area contributed by atoms with Crippen LogP contribution < -0.4 is 11.2 Å². The molecule has 2 aliphatic heterocycles. The predicted octanol–water partition coefficient (Wildman–Crippen LogP) is 1.67. The SMILES string of the molecule is CC1(C)OB(/C(C=N)=C/N)OC1(C)C.CC1(C)OB(c2cnn(CCCO)c2)OC1(C)C. The average molecular weight is 448 g/mol. The Labute approximate surface area is 192 Å². The van der Waals surface area contributed by atoms with Crippen LogP contribution in [0.1, 0.15) is 61.8 Å². The second-order valence-electron chi connectivity index (χ2n) is 10.1. The van der Waals surface area contributed by atoms with Gasteiger partial charge in [0.1, 0.15) is 0 Å². The molecule has 2 aliphatic rings. The highest BCUT2D eigenvalue weighted by Gasteiger charge is 2.53. The molecule has 0 radical (unpaired) electrons. The van der Waals surface area contributed by atoms with Crippen LogP contribution in [0, 0.1) is 5.41 Å². The van der Waals surface area contributed by atoms with Gasteiger partial charge in [-0.25, -0.2) is 0 Å². The van der Waals surface area contributed by atoms with Gasteiger partial charge in [0.15, 0.2) is 0 Å². The summed E-state index contributed by atoms with van der Waals surface area (Å²) in [5, 5.41) is 20.2. The summed E-state index contributed by atoms with van der Waals surface area (Å²) < 4.78 is 25.1. The quantitative estimate of drug-likeness (QED) is 0.447. The summed E-state index contributed by atoms with van der Waals surface area (Å²) >= 11 is 0. The Hall–Kier alpha value is -1.65. The number of allylic oxidation sites excluding steroid dienone is 1. The molecule has 11 heteroatoms. The van der Waals surface area contributed by atoms with E-state index in [0.29, 0.717) is 18.4 Å². The summed E-state index contributed by atoms with van der Waals surface area (Å²) in [6.07, 6.45) is 6.87. The van der Waals surface area contributed by atoms with Crippen LogP contribution in [-0.2, 0) is 25.2 Å². The molecule has 0 unspecified atom stereocenters. The van der Waals surface area contributed by atoms with Crippen molar-refractivity contribution in [3.8, 4) is 0 Å². The van der Waals surface area contributed by atoms with Gasteiger partial charge in [0.05, 0.1) is 22.4 Å². The van der Waals surface area contributed by atoms with Crippen molar-refractivity contribution in [2.75, 3.05) is 6.61 Å². The van der Waals surface area contributed by atoms with Crippen LogP contribution >= 0.6 is 0 Å². The second kappa shape index (κ2) is 9.69. The van der Waals surface area contributed by atoms with Crippen molar-refractivity contribution >= 4 is 25.9 Å². The first-order valence-corrected chi connectivity index (χ1v) is 11.0. The van der Waals surface area contributed by atoms with Crippen LogP contribution in [-0.4, -0.2) is 64.3 Å². The number of rotatable bonds is 6. The van der Waals surface area contributed by atoms with Gasteiger partial charge in [0.2, 0.25) is 0 Å². The number of hydrogen-bond donors (Lipinski definition) is 3. The summed E-state index contributed by atoms with van der Waals surface area (Å²) in [6, 6.07) is 0. The van der Waals surface area contributed by atoms with E-state index in [-0.39, 0.29) is 36.1 Å². The monoisotopic (exact) mass is 448 g/mol. The van der Waals surface area contributed by atoms with E-state index in [1.165, 1.54) is 6.20 Å². The number of nitrogens with zero attached hydrogens (tertiary/aromatic N) is 2. The molecule has 1 aromatic rings. The highest BCUT2D eigenvalue weighted by atomic mass is 16.7. The third-order valence-electron chi connectivity index (χ3n) is 6.61. The molecule has 0 aromatic carbocycles. The third-order valence-corrected chi connectivity index (χ3v) is 6.61. The molecule has 4 N–H and O–H groups in total. The average Bonchev–Trinajstić information content (AvgIpc) is 3.28. The van der Waals surface area contributed by atoms with Crippen LogP contribution in [0.15, 0.2) is 24.1 Å². The lowest BCUT2D eigenvalue weighted by Crippen LogP contribution is -2.41. The fraction of sp³-hybridized carbons (Fsp3) is 0.714. The van der Waals surface area contributed by atoms with E-state index in [1.807, 2.05) is 61.6 Å². The summed E-state index contributed by atoms with van der Waals surface area (Å²) in [6.45, 7) is 16.9. The lowest BCUT2D eigenvalue weighted by atomic mass is 9.79. The van der Waals surface area contributed by atoms with Crippen LogP contribution in [0.3, 0.4) is 0 Å². The third kappa shape index (κ3) is 5.63. The van der Waals surface area contributed by atoms with E-state index >= 15 is 0 Å². The van der Waals surface area contributed by atoms with Gasteiger partial charge in [-0.3, -0.25) is 4.68 Å².